The number of carbonyl (C=O) groups excluding carboxylic acids is 3. The highest BCUT2D eigenvalue weighted by Gasteiger charge is 2.23. The number of para-hydroxylation sites is 1. The minimum atomic E-state index is -0.985. The van der Waals surface area contributed by atoms with E-state index in [2.05, 4.69) is 9.84 Å². The first kappa shape index (κ1) is 13.9. The molecule has 0 aliphatic carbocycles. The lowest BCUT2D eigenvalue weighted by atomic mass is 10.1. The van der Waals surface area contributed by atoms with Gasteiger partial charge in [0.15, 0.2) is 5.78 Å². The average Bonchev–Trinajstić information content (AvgIpc) is 2.77. The van der Waals surface area contributed by atoms with Crippen LogP contribution >= 0.6 is 0 Å². The number of benzene rings is 1. The molecule has 2 aromatic rings. The molecule has 0 amide bonds. The normalized spacial score (nSPS) is 10.5. The first-order valence-electron chi connectivity index (χ1n) is 6.19. The Balaban J connectivity index is 2.24. The highest BCUT2D eigenvalue weighted by Crippen LogP contribution is 2.18. The van der Waals surface area contributed by atoms with Crippen LogP contribution in [-0.4, -0.2) is 33.9 Å². The Hall–Kier alpha value is -2.50. The molecular weight excluding hydrogens is 260 g/mol. The number of fused-ring (bicyclic) bond motifs is 1. The molecule has 0 saturated carbocycles. The maximum Gasteiger partial charge on any atom is 0.375 e. The van der Waals surface area contributed by atoms with Crippen molar-refractivity contribution in [2.45, 2.75) is 13.3 Å². The van der Waals surface area contributed by atoms with E-state index in [0.29, 0.717) is 5.39 Å². The molecule has 0 N–H and O–H groups in total. The predicted molar refractivity (Wildman–Crippen MR) is 71.3 cm³/mol. The van der Waals surface area contributed by atoms with Crippen LogP contribution in [0.2, 0.25) is 0 Å². The third kappa shape index (κ3) is 2.59. The molecule has 0 spiro atoms. The third-order valence-electron chi connectivity index (χ3n) is 2.85. The second-order valence-electron chi connectivity index (χ2n) is 4.23. The van der Waals surface area contributed by atoms with Crippen molar-refractivity contribution >= 4 is 28.4 Å². The molecule has 0 atom stereocenters. The van der Waals surface area contributed by atoms with Crippen molar-refractivity contribution in [1.82, 2.24) is 9.78 Å². The zero-order valence-corrected chi connectivity index (χ0v) is 11.3. The van der Waals surface area contributed by atoms with Gasteiger partial charge in [0.05, 0.1) is 18.5 Å². The lowest BCUT2D eigenvalue weighted by Crippen LogP contribution is -2.21. The van der Waals surface area contributed by atoms with Crippen LogP contribution in [0.15, 0.2) is 24.3 Å². The number of hydrogen-bond donors (Lipinski definition) is 0. The summed E-state index contributed by atoms with van der Waals surface area (Å²) in [4.78, 5) is 34.8. The van der Waals surface area contributed by atoms with Crippen LogP contribution in [-0.2, 0) is 21.4 Å². The summed E-state index contributed by atoms with van der Waals surface area (Å²) in [5.74, 6) is -2.33. The molecule has 0 aliphatic rings. The smallest absolute Gasteiger partial charge is 0.375 e. The summed E-state index contributed by atoms with van der Waals surface area (Å²) in [7, 11) is 1.71. The number of Topliss-reactive ketones (excluding diaryl/α,β-unsaturated/α-hetero) is 2. The van der Waals surface area contributed by atoms with Crippen LogP contribution in [0, 0.1) is 0 Å². The Kier molecular flexibility index (Phi) is 3.93. The van der Waals surface area contributed by atoms with E-state index in [-0.39, 0.29) is 12.3 Å². The average molecular weight is 274 g/mol. The first-order chi connectivity index (χ1) is 9.54. The fourth-order valence-corrected chi connectivity index (χ4v) is 1.93. The molecular formula is C14H14N2O4. The molecule has 6 nitrogen and oxygen atoms in total. The van der Waals surface area contributed by atoms with Crippen molar-refractivity contribution in [3.63, 3.8) is 0 Å². The molecule has 20 heavy (non-hydrogen) atoms. The fraction of sp³-hybridized carbons (Fsp3) is 0.286. The second-order valence-corrected chi connectivity index (χ2v) is 4.23. The molecule has 1 heterocycles. The van der Waals surface area contributed by atoms with Crippen molar-refractivity contribution in [3.05, 3.63) is 30.0 Å². The maximum atomic E-state index is 12.1. The minimum Gasteiger partial charge on any atom is -0.460 e. The zero-order valence-electron chi connectivity index (χ0n) is 11.3. The zero-order chi connectivity index (χ0) is 14.7. The molecule has 0 aliphatic heterocycles. The van der Waals surface area contributed by atoms with Crippen molar-refractivity contribution < 1.29 is 19.1 Å². The van der Waals surface area contributed by atoms with Gasteiger partial charge in [-0.3, -0.25) is 14.3 Å². The molecule has 0 saturated heterocycles. The van der Waals surface area contributed by atoms with E-state index in [0.717, 1.165) is 5.52 Å². The monoisotopic (exact) mass is 274 g/mol. The Morgan fingerprint density at radius 1 is 1.25 bits per heavy atom. The van der Waals surface area contributed by atoms with E-state index in [4.69, 9.17) is 0 Å². The van der Waals surface area contributed by atoms with E-state index in [9.17, 15) is 14.4 Å². The maximum absolute atomic E-state index is 12.1. The van der Waals surface area contributed by atoms with E-state index < -0.39 is 24.0 Å². The van der Waals surface area contributed by atoms with Gasteiger partial charge in [-0.2, -0.15) is 5.10 Å². The van der Waals surface area contributed by atoms with Gasteiger partial charge in [-0.1, -0.05) is 18.2 Å². The summed E-state index contributed by atoms with van der Waals surface area (Å²) in [5.41, 5.74) is 0.986. The molecule has 1 aromatic heterocycles. The molecule has 0 bridgehead atoms. The van der Waals surface area contributed by atoms with Gasteiger partial charge in [0.1, 0.15) is 5.69 Å². The topological polar surface area (TPSA) is 78.3 Å². The van der Waals surface area contributed by atoms with E-state index >= 15 is 0 Å². The highest BCUT2D eigenvalue weighted by atomic mass is 16.5. The number of rotatable bonds is 5. The molecule has 2 rings (SSSR count). The molecule has 1 aromatic carbocycles. The number of carbonyl (C=O) groups is 3. The first-order valence-corrected chi connectivity index (χ1v) is 6.19. The molecule has 0 fully saturated rings. The van der Waals surface area contributed by atoms with Crippen LogP contribution < -0.4 is 0 Å². The van der Waals surface area contributed by atoms with Gasteiger partial charge in [-0.25, -0.2) is 4.79 Å². The number of esters is 1. The minimum absolute atomic E-state index is 0.102. The quantitative estimate of drug-likeness (QED) is 0.355. The SMILES string of the molecule is CCOC(=O)C(=O)CC(=O)c1nn(C)c2ccccc12. The molecule has 0 unspecified atom stereocenters. The number of aryl methyl sites for hydroxylation is 1. The number of ketones is 2. The van der Waals surface area contributed by atoms with E-state index in [1.54, 1.807) is 30.8 Å². The van der Waals surface area contributed by atoms with Crippen molar-refractivity contribution in [2.75, 3.05) is 6.61 Å². The van der Waals surface area contributed by atoms with Crippen LogP contribution in [0.4, 0.5) is 0 Å². The van der Waals surface area contributed by atoms with Gasteiger partial charge in [-0.05, 0) is 13.0 Å². The number of hydrogen-bond acceptors (Lipinski definition) is 5. The second kappa shape index (κ2) is 5.64. The Morgan fingerprint density at radius 3 is 2.65 bits per heavy atom. The van der Waals surface area contributed by atoms with Crippen LogP contribution in [0.25, 0.3) is 10.9 Å². The largest absolute Gasteiger partial charge is 0.460 e. The fourth-order valence-electron chi connectivity index (χ4n) is 1.93. The molecule has 104 valence electrons. The Bertz CT molecular complexity index is 688. The molecule has 0 radical (unpaired) electrons. The van der Waals surface area contributed by atoms with Crippen molar-refractivity contribution in [2.24, 2.45) is 7.05 Å². The van der Waals surface area contributed by atoms with E-state index in [1.807, 2.05) is 12.1 Å². The Morgan fingerprint density at radius 2 is 1.95 bits per heavy atom. The van der Waals surface area contributed by atoms with Crippen LogP contribution in [0.1, 0.15) is 23.8 Å². The summed E-state index contributed by atoms with van der Waals surface area (Å²) in [6, 6.07) is 7.20. The summed E-state index contributed by atoms with van der Waals surface area (Å²) in [5, 5.41) is 4.77. The van der Waals surface area contributed by atoms with Gasteiger partial charge >= 0.3 is 5.97 Å². The summed E-state index contributed by atoms with van der Waals surface area (Å²) >= 11 is 0. The van der Waals surface area contributed by atoms with Gasteiger partial charge in [0.25, 0.3) is 0 Å². The van der Waals surface area contributed by atoms with Crippen molar-refractivity contribution in [1.29, 1.82) is 0 Å². The number of ether oxygens (including phenoxy) is 1. The van der Waals surface area contributed by atoms with Crippen LogP contribution in [0.3, 0.4) is 0 Å². The number of aromatic nitrogens is 2. The van der Waals surface area contributed by atoms with Gasteiger partial charge < -0.3 is 4.74 Å². The molecule has 6 heteroatoms. The Labute approximate surface area is 115 Å². The van der Waals surface area contributed by atoms with Gasteiger partial charge in [0, 0.05) is 12.4 Å². The predicted octanol–water partition coefficient (Wildman–Crippen LogP) is 1.28. The van der Waals surface area contributed by atoms with Gasteiger partial charge in [-0.15, -0.1) is 0 Å². The lowest BCUT2D eigenvalue weighted by molar-refractivity contribution is -0.153. The van der Waals surface area contributed by atoms with Gasteiger partial charge in [0.2, 0.25) is 5.78 Å². The third-order valence-corrected chi connectivity index (χ3v) is 2.85. The van der Waals surface area contributed by atoms with Crippen molar-refractivity contribution in [3.8, 4) is 0 Å². The summed E-state index contributed by atoms with van der Waals surface area (Å²) in [6.07, 6.45) is -0.528. The lowest BCUT2D eigenvalue weighted by Gasteiger charge is -1.99. The number of nitrogens with zero attached hydrogens (tertiary/aromatic N) is 2. The van der Waals surface area contributed by atoms with Crippen LogP contribution in [0.5, 0.6) is 0 Å². The summed E-state index contributed by atoms with van der Waals surface area (Å²) < 4.78 is 6.13. The van der Waals surface area contributed by atoms with E-state index in [1.165, 1.54) is 0 Å². The highest BCUT2D eigenvalue weighted by molar-refractivity contribution is 6.38. The summed E-state index contributed by atoms with van der Waals surface area (Å²) in [6.45, 7) is 1.70. The standard InChI is InChI=1S/C14H14N2O4/c1-3-20-14(19)12(18)8-11(17)13-9-6-4-5-7-10(9)16(2)15-13/h4-7H,3,8H2,1-2H3.